The molecule has 0 spiro atoms. The molecule has 1 saturated heterocycles. The van der Waals surface area contributed by atoms with Crippen LogP contribution in [0.2, 0.25) is 0 Å². The van der Waals surface area contributed by atoms with Crippen LogP contribution in [0.25, 0.3) is 0 Å². The van der Waals surface area contributed by atoms with Crippen LogP contribution in [0.4, 0.5) is 10.1 Å². The van der Waals surface area contributed by atoms with E-state index in [9.17, 15) is 14.0 Å². The summed E-state index contributed by atoms with van der Waals surface area (Å²) >= 11 is 0. The summed E-state index contributed by atoms with van der Waals surface area (Å²) in [6, 6.07) is 6.01. The molecule has 1 unspecified atom stereocenters. The van der Waals surface area contributed by atoms with Crippen molar-refractivity contribution in [3.8, 4) is 0 Å². The lowest BCUT2D eigenvalue weighted by Gasteiger charge is -2.30. The Hall–Kier alpha value is -2.11. The van der Waals surface area contributed by atoms with Crippen molar-refractivity contribution in [1.82, 2.24) is 10.2 Å². The van der Waals surface area contributed by atoms with Gasteiger partial charge in [0, 0.05) is 25.7 Å². The number of halogens is 1. The number of likely N-dealkylation sites (tertiary alicyclic amines) is 1. The van der Waals surface area contributed by atoms with E-state index in [-0.39, 0.29) is 30.1 Å². The second-order valence-electron chi connectivity index (χ2n) is 6.46. The van der Waals surface area contributed by atoms with Gasteiger partial charge in [-0.05, 0) is 30.5 Å². The van der Waals surface area contributed by atoms with Gasteiger partial charge in [0.25, 0.3) is 0 Å². The predicted molar refractivity (Wildman–Crippen MR) is 87.5 cm³/mol. The van der Waals surface area contributed by atoms with E-state index < -0.39 is 5.54 Å². The summed E-state index contributed by atoms with van der Waals surface area (Å²) in [4.78, 5) is 26.4. The molecule has 1 aliphatic rings. The number of anilines is 1. The van der Waals surface area contributed by atoms with Gasteiger partial charge in [0.2, 0.25) is 11.8 Å². The monoisotopic (exact) mass is 321 g/mol. The lowest BCUT2D eigenvalue weighted by atomic mass is 9.96. The van der Waals surface area contributed by atoms with E-state index in [1.807, 2.05) is 13.8 Å². The van der Waals surface area contributed by atoms with Gasteiger partial charge in [-0.25, -0.2) is 4.39 Å². The third-order valence-electron chi connectivity index (χ3n) is 4.07. The van der Waals surface area contributed by atoms with E-state index in [0.29, 0.717) is 25.1 Å². The van der Waals surface area contributed by atoms with Gasteiger partial charge >= 0.3 is 0 Å². The van der Waals surface area contributed by atoms with E-state index in [4.69, 9.17) is 0 Å². The summed E-state index contributed by atoms with van der Waals surface area (Å²) in [5.74, 6) is -0.241. The van der Waals surface area contributed by atoms with Gasteiger partial charge in [-0.2, -0.15) is 0 Å². The average molecular weight is 321 g/mol. The number of hydrogen-bond acceptors (Lipinski definition) is 3. The number of carbonyl (C=O) groups is 2. The molecule has 0 aliphatic carbocycles. The van der Waals surface area contributed by atoms with Crippen molar-refractivity contribution in [2.75, 3.05) is 25.5 Å². The summed E-state index contributed by atoms with van der Waals surface area (Å²) in [5.41, 5.74) is -0.387. The van der Waals surface area contributed by atoms with Crippen molar-refractivity contribution in [2.45, 2.75) is 32.2 Å². The van der Waals surface area contributed by atoms with E-state index in [0.717, 1.165) is 0 Å². The molecule has 1 fully saturated rings. The maximum Gasteiger partial charge on any atom is 0.247 e. The fourth-order valence-electron chi connectivity index (χ4n) is 2.93. The molecule has 5 nitrogen and oxygen atoms in total. The normalized spacial score (nSPS) is 20.7. The molecule has 0 saturated carbocycles. The molecule has 6 heteroatoms. The summed E-state index contributed by atoms with van der Waals surface area (Å²) in [6.45, 7) is 4.78. The van der Waals surface area contributed by atoms with Crippen molar-refractivity contribution in [3.63, 3.8) is 0 Å². The SMILES string of the molecule is CNC(=O)C1(Nc2cccc(F)c2)CCN(C(=O)CC(C)C)C1. The van der Waals surface area contributed by atoms with Crippen LogP contribution in [0.5, 0.6) is 0 Å². The van der Waals surface area contributed by atoms with Gasteiger partial charge in [-0.3, -0.25) is 9.59 Å². The third-order valence-corrected chi connectivity index (χ3v) is 4.07. The lowest BCUT2D eigenvalue weighted by Crippen LogP contribution is -2.54. The standard InChI is InChI=1S/C17H24FN3O2/c1-12(2)9-15(22)21-8-7-17(11-21,16(23)19-3)20-14-6-4-5-13(18)10-14/h4-6,10,12,20H,7-9,11H2,1-3H3,(H,19,23). The van der Waals surface area contributed by atoms with Crippen LogP contribution >= 0.6 is 0 Å². The van der Waals surface area contributed by atoms with Crippen LogP contribution in [0.1, 0.15) is 26.7 Å². The number of amides is 2. The molecular formula is C17H24FN3O2. The molecule has 2 amide bonds. The van der Waals surface area contributed by atoms with E-state index in [1.165, 1.54) is 12.1 Å². The van der Waals surface area contributed by atoms with Crippen LogP contribution in [0, 0.1) is 11.7 Å². The molecule has 1 atom stereocenters. The minimum atomic E-state index is -0.921. The van der Waals surface area contributed by atoms with Crippen molar-refractivity contribution < 1.29 is 14.0 Å². The van der Waals surface area contributed by atoms with Crippen molar-refractivity contribution >= 4 is 17.5 Å². The molecule has 1 heterocycles. The first-order valence-electron chi connectivity index (χ1n) is 7.90. The zero-order chi connectivity index (χ0) is 17.0. The maximum absolute atomic E-state index is 13.4. The van der Waals surface area contributed by atoms with E-state index in [2.05, 4.69) is 10.6 Å². The predicted octanol–water partition coefficient (Wildman–Crippen LogP) is 2.00. The number of carbonyl (C=O) groups excluding carboxylic acids is 2. The summed E-state index contributed by atoms with van der Waals surface area (Å²) in [6.07, 6.45) is 0.955. The zero-order valence-corrected chi connectivity index (χ0v) is 13.9. The molecule has 2 N–H and O–H groups in total. The van der Waals surface area contributed by atoms with Crippen molar-refractivity contribution in [2.24, 2.45) is 5.92 Å². The zero-order valence-electron chi connectivity index (χ0n) is 13.9. The van der Waals surface area contributed by atoms with Gasteiger partial charge in [0.05, 0.1) is 6.54 Å². The Bertz CT molecular complexity index is 591. The summed E-state index contributed by atoms with van der Waals surface area (Å²) in [5, 5.41) is 5.79. The summed E-state index contributed by atoms with van der Waals surface area (Å²) < 4.78 is 13.4. The highest BCUT2D eigenvalue weighted by Crippen LogP contribution is 2.28. The molecule has 0 bridgehead atoms. The Balaban J connectivity index is 2.18. The van der Waals surface area contributed by atoms with Crippen LogP contribution in [0.15, 0.2) is 24.3 Å². The number of likely N-dealkylation sites (N-methyl/N-ethyl adjacent to an activating group) is 1. The molecular weight excluding hydrogens is 297 g/mol. The largest absolute Gasteiger partial charge is 0.370 e. The Morgan fingerprint density at radius 2 is 2.13 bits per heavy atom. The molecule has 1 aromatic carbocycles. The minimum Gasteiger partial charge on any atom is -0.370 e. The molecule has 1 aliphatic heterocycles. The van der Waals surface area contributed by atoms with Gasteiger partial charge < -0.3 is 15.5 Å². The Morgan fingerprint density at radius 1 is 1.39 bits per heavy atom. The second-order valence-corrected chi connectivity index (χ2v) is 6.46. The second kappa shape index (κ2) is 6.98. The Labute approximate surface area is 136 Å². The average Bonchev–Trinajstić information content (AvgIpc) is 2.91. The van der Waals surface area contributed by atoms with Crippen LogP contribution in [-0.4, -0.2) is 42.4 Å². The first kappa shape index (κ1) is 17.2. The Kier molecular flexibility index (Phi) is 5.23. The van der Waals surface area contributed by atoms with E-state index in [1.54, 1.807) is 24.1 Å². The highest BCUT2D eigenvalue weighted by Gasteiger charge is 2.45. The molecule has 0 radical (unpaired) electrons. The first-order chi connectivity index (χ1) is 10.9. The molecule has 2 rings (SSSR count). The fourth-order valence-corrected chi connectivity index (χ4v) is 2.93. The quantitative estimate of drug-likeness (QED) is 0.872. The number of hydrogen-bond donors (Lipinski definition) is 2. The molecule has 0 aromatic heterocycles. The van der Waals surface area contributed by atoms with Gasteiger partial charge in [-0.15, -0.1) is 0 Å². The first-order valence-corrected chi connectivity index (χ1v) is 7.90. The van der Waals surface area contributed by atoms with Crippen molar-refractivity contribution in [1.29, 1.82) is 0 Å². The smallest absolute Gasteiger partial charge is 0.247 e. The number of nitrogens with one attached hydrogen (secondary N) is 2. The topological polar surface area (TPSA) is 61.4 Å². The van der Waals surface area contributed by atoms with Crippen LogP contribution in [0.3, 0.4) is 0 Å². The Morgan fingerprint density at radius 3 is 2.74 bits per heavy atom. The number of nitrogens with zero attached hydrogens (tertiary/aromatic N) is 1. The lowest BCUT2D eigenvalue weighted by molar-refractivity contribution is -0.131. The van der Waals surface area contributed by atoms with Crippen molar-refractivity contribution in [3.05, 3.63) is 30.1 Å². The molecule has 126 valence electrons. The molecule has 23 heavy (non-hydrogen) atoms. The van der Waals surface area contributed by atoms with E-state index >= 15 is 0 Å². The molecule has 1 aromatic rings. The highest BCUT2D eigenvalue weighted by atomic mass is 19.1. The maximum atomic E-state index is 13.4. The van der Waals surface area contributed by atoms with Crippen LogP contribution in [-0.2, 0) is 9.59 Å². The highest BCUT2D eigenvalue weighted by molar-refractivity contribution is 5.91. The number of benzene rings is 1. The van der Waals surface area contributed by atoms with Gasteiger partial charge in [-0.1, -0.05) is 19.9 Å². The third kappa shape index (κ3) is 4.00. The van der Waals surface area contributed by atoms with Crippen LogP contribution < -0.4 is 10.6 Å². The fraction of sp³-hybridized carbons (Fsp3) is 0.529. The summed E-state index contributed by atoms with van der Waals surface area (Å²) in [7, 11) is 1.57. The van der Waals surface area contributed by atoms with Gasteiger partial charge in [0.1, 0.15) is 11.4 Å². The number of rotatable bonds is 5. The minimum absolute atomic E-state index is 0.0480. The van der Waals surface area contributed by atoms with Gasteiger partial charge in [0.15, 0.2) is 0 Å².